The van der Waals surface area contributed by atoms with Crippen LogP contribution in [0.5, 0.6) is 5.75 Å². The molecular formula is C18H22N2O3. The maximum Gasteiger partial charge on any atom is 0.238 e. The van der Waals surface area contributed by atoms with Crippen molar-refractivity contribution in [1.29, 1.82) is 0 Å². The number of ether oxygens (including phenoxy) is 1. The fourth-order valence-electron chi connectivity index (χ4n) is 2.36. The van der Waals surface area contributed by atoms with Gasteiger partial charge >= 0.3 is 0 Å². The van der Waals surface area contributed by atoms with Gasteiger partial charge in [0.2, 0.25) is 5.91 Å². The normalized spacial score (nSPS) is 10.6. The molecule has 5 nitrogen and oxygen atoms in total. The van der Waals surface area contributed by atoms with E-state index in [2.05, 4.69) is 5.32 Å². The second-order valence-electron chi connectivity index (χ2n) is 5.16. The lowest BCUT2D eigenvalue weighted by atomic mass is 10.2. The van der Waals surface area contributed by atoms with Crippen LogP contribution in [0.2, 0.25) is 0 Å². The molecule has 0 aliphatic carbocycles. The van der Waals surface area contributed by atoms with Crippen molar-refractivity contribution < 1.29 is 14.6 Å². The molecule has 2 rings (SSSR count). The van der Waals surface area contributed by atoms with Crippen LogP contribution in [-0.2, 0) is 11.3 Å². The molecule has 23 heavy (non-hydrogen) atoms. The molecule has 0 aliphatic heterocycles. The van der Waals surface area contributed by atoms with Gasteiger partial charge < -0.3 is 15.2 Å². The van der Waals surface area contributed by atoms with Crippen LogP contribution in [0.3, 0.4) is 0 Å². The molecule has 0 saturated carbocycles. The topological polar surface area (TPSA) is 61.8 Å². The van der Waals surface area contributed by atoms with Crippen LogP contribution >= 0.6 is 0 Å². The van der Waals surface area contributed by atoms with E-state index in [9.17, 15) is 9.90 Å². The van der Waals surface area contributed by atoms with E-state index >= 15 is 0 Å². The summed E-state index contributed by atoms with van der Waals surface area (Å²) in [6.07, 6.45) is 0. The summed E-state index contributed by atoms with van der Waals surface area (Å²) in [5.41, 5.74) is 1.75. The van der Waals surface area contributed by atoms with Gasteiger partial charge in [0.05, 0.1) is 20.3 Å². The number of rotatable bonds is 8. The number of methoxy groups -OCH3 is 1. The summed E-state index contributed by atoms with van der Waals surface area (Å²) >= 11 is 0. The maximum absolute atomic E-state index is 12.2. The number of benzene rings is 2. The quantitative estimate of drug-likeness (QED) is 0.783. The van der Waals surface area contributed by atoms with Gasteiger partial charge in [0, 0.05) is 24.3 Å². The van der Waals surface area contributed by atoms with E-state index in [0.717, 1.165) is 17.0 Å². The van der Waals surface area contributed by atoms with Crippen molar-refractivity contribution in [3.05, 3.63) is 60.2 Å². The van der Waals surface area contributed by atoms with E-state index in [1.807, 2.05) is 59.5 Å². The van der Waals surface area contributed by atoms with Gasteiger partial charge in [-0.25, -0.2) is 0 Å². The minimum Gasteiger partial charge on any atom is -0.496 e. The lowest BCUT2D eigenvalue weighted by Gasteiger charge is -2.22. The van der Waals surface area contributed by atoms with Crippen molar-refractivity contribution >= 4 is 11.6 Å². The number of para-hydroxylation sites is 2. The Hall–Kier alpha value is -2.37. The first-order chi connectivity index (χ1) is 11.2. The first-order valence-corrected chi connectivity index (χ1v) is 7.53. The van der Waals surface area contributed by atoms with Crippen LogP contribution in [0, 0.1) is 0 Å². The first kappa shape index (κ1) is 17.0. The predicted molar refractivity (Wildman–Crippen MR) is 90.4 cm³/mol. The SMILES string of the molecule is COc1ccccc1CN(CCO)CC(=O)Nc1ccccc1. The number of amides is 1. The van der Waals surface area contributed by atoms with Crippen LogP contribution < -0.4 is 10.1 Å². The number of anilines is 1. The molecule has 0 saturated heterocycles. The molecule has 5 heteroatoms. The smallest absolute Gasteiger partial charge is 0.238 e. The average Bonchev–Trinajstić information content (AvgIpc) is 2.56. The zero-order valence-corrected chi connectivity index (χ0v) is 13.2. The van der Waals surface area contributed by atoms with E-state index < -0.39 is 0 Å². The Bertz CT molecular complexity index is 617. The number of aliphatic hydroxyl groups excluding tert-OH is 1. The molecule has 0 fully saturated rings. The molecule has 0 bridgehead atoms. The number of nitrogens with zero attached hydrogens (tertiary/aromatic N) is 1. The molecule has 0 atom stereocenters. The Morgan fingerprint density at radius 2 is 1.83 bits per heavy atom. The maximum atomic E-state index is 12.2. The third-order valence-corrected chi connectivity index (χ3v) is 3.43. The Morgan fingerprint density at radius 1 is 1.13 bits per heavy atom. The lowest BCUT2D eigenvalue weighted by molar-refractivity contribution is -0.117. The largest absolute Gasteiger partial charge is 0.496 e. The average molecular weight is 314 g/mol. The van der Waals surface area contributed by atoms with E-state index in [1.54, 1.807) is 7.11 Å². The second-order valence-corrected chi connectivity index (χ2v) is 5.16. The highest BCUT2D eigenvalue weighted by molar-refractivity contribution is 5.92. The van der Waals surface area contributed by atoms with Crippen LogP contribution in [0.25, 0.3) is 0 Å². The highest BCUT2D eigenvalue weighted by atomic mass is 16.5. The summed E-state index contributed by atoms with van der Waals surface area (Å²) < 4.78 is 5.34. The van der Waals surface area contributed by atoms with E-state index in [4.69, 9.17) is 4.74 Å². The van der Waals surface area contributed by atoms with Gasteiger partial charge in [-0.15, -0.1) is 0 Å². The van der Waals surface area contributed by atoms with Crippen molar-refractivity contribution in [2.45, 2.75) is 6.54 Å². The number of nitrogens with one attached hydrogen (secondary N) is 1. The first-order valence-electron chi connectivity index (χ1n) is 7.53. The minimum atomic E-state index is -0.112. The van der Waals surface area contributed by atoms with Crippen molar-refractivity contribution in [3.8, 4) is 5.75 Å². The molecule has 0 aliphatic rings. The summed E-state index contributed by atoms with van der Waals surface area (Å²) in [5, 5.41) is 12.1. The van der Waals surface area contributed by atoms with Crippen LogP contribution in [0.15, 0.2) is 54.6 Å². The van der Waals surface area contributed by atoms with Gasteiger partial charge in [-0.1, -0.05) is 36.4 Å². The summed E-state index contributed by atoms with van der Waals surface area (Å²) in [6.45, 7) is 1.15. The van der Waals surface area contributed by atoms with Crippen LogP contribution in [0.4, 0.5) is 5.69 Å². The van der Waals surface area contributed by atoms with Gasteiger partial charge in [0.15, 0.2) is 0 Å². The number of carbonyl (C=O) groups excluding carboxylic acids is 1. The van der Waals surface area contributed by atoms with Gasteiger partial charge in [0.1, 0.15) is 5.75 Å². The number of hydrogen-bond acceptors (Lipinski definition) is 4. The molecule has 2 aromatic rings. The molecular weight excluding hydrogens is 292 g/mol. The Balaban J connectivity index is 1.99. The zero-order valence-electron chi connectivity index (χ0n) is 13.2. The molecule has 0 aromatic heterocycles. The minimum absolute atomic E-state index is 0.00618. The van der Waals surface area contributed by atoms with Gasteiger partial charge in [-0.2, -0.15) is 0 Å². The second kappa shape index (κ2) is 8.92. The van der Waals surface area contributed by atoms with E-state index in [-0.39, 0.29) is 19.1 Å². The van der Waals surface area contributed by atoms with Gasteiger partial charge in [-0.3, -0.25) is 9.69 Å². The van der Waals surface area contributed by atoms with Crippen molar-refractivity contribution in [2.75, 3.05) is 32.1 Å². The summed E-state index contributed by atoms with van der Waals surface area (Å²) in [5.74, 6) is 0.665. The molecule has 0 heterocycles. The predicted octanol–water partition coefficient (Wildman–Crippen LogP) is 2.13. The fourth-order valence-corrected chi connectivity index (χ4v) is 2.36. The zero-order chi connectivity index (χ0) is 16.5. The van der Waals surface area contributed by atoms with Crippen molar-refractivity contribution in [1.82, 2.24) is 4.90 Å². The third kappa shape index (κ3) is 5.39. The van der Waals surface area contributed by atoms with Gasteiger partial charge in [0.25, 0.3) is 0 Å². The lowest BCUT2D eigenvalue weighted by Crippen LogP contribution is -2.35. The molecule has 122 valence electrons. The number of hydrogen-bond donors (Lipinski definition) is 2. The van der Waals surface area contributed by atoms with Crippen LogP contribution in [-0.4, -0.2) is 42.7 Å². The van der Waals surface area contributed by atoms with E-state index in [1.165, 1.54) is 0 Å². The standard InChI is InChI=1S/C18H22N2O3/c1-23-17-10-6-5-7-15(17)13-20(11-12-21)14-18(22)19-16-8-3-2-4-9-16/h2-10,21H,11-14H2,1H3,(H,19,22). The van der Waals surface area contributed by atoms with E-state index in [0.29, 0.717) is 13.1 Å². The summed E-state index contributed by atoms with van der Waals surface area (Å²) in [4.78, 5) is 14.1. The van der Waals surface area contributed by atoms with Crippen molar-refractivity contribution in [2.24, 2.45) is 0 Å². The fraction of sp³-hybridized carbons (Fsp3) is 0.278. The summed E-state index contributed by atoms with van der Waals surface area (Å²) in [7, 11) is 1.62. The van der Waals surface area contributed by atoms with Crippen molar-refractivity contribution in [3.63, 3.8) is 0 Å². The molecule has 0 radical (unpaired) electrons. The Morgan fingerprint density at radius 3 is 2.52 bits per heavy atom. The van der Waals surface area contributed by atoms with Gasteiger partial charge in [-0.05, 0) is 18.2 Å². The highest BCUT2D eigenvalue weighted by Crippen LogP contribution is 2.19. The third-order valence-electron chi connectivity index (χ3n) is 3.43. The van der Waals surface area contributed by atoms with Crippen LogP contribution in [0.1, 0.15) is 5.56 Å². The summed E-state index contributed by atoms with van der Waals surface area (Å²) in [6, 6.07) is 17.0. The molecule has 0 spiro atoms. The number of aliphatic hydroxyl groups is 1. The number of carbonyl (C=O) groups is 1. The molecule has 2 aromatic carbocycles. The molecule has 2 N–H and O–H groups in total. The highest BCUT2D eigenvalue weighted by Gasteiger charge is 2.13. The monoisotopic (exact) mass is 314 g/mol. The molecule has 0 unspecified atom stereocenters. The molecule has 1 amide bonds. The Labute approximate surface area is 136 Å². The Kier molecular flexibility index (Phi) is 6.59.